The van der Waals surface area contributed by atoms with E-state index in [1.807, 2.05) is 25.7 Å². The molecule has 0 aromatic heterocycles. The summed E-state index contributed by atoms with van der Waals surface area (Å²) in [5.41, 5.74) is 2.47. The standard InChI is InChI=1S/C20H30N2O2/c1-20(2,3)24-19(23)22-13-7-10-16(22)14-21-18-12-6-9-15-8-4-5-11-17(15)18/h4-5,8,11,16,18,21H,6-7,9-10,12-14H2,1-3H3. The Bertz CT molecular complexity index is 579. The Morgan fingerprint density at radius 2 is 2.04 bits per heavy atom. The minimum Gasteiger partial charge on any atom is -0.444 e. The fourth-order valence-corrected chi connectivity index (χ4v) is 3.85. The molecule has 0 saturated carbocycles. The smallest absolute Gasteiger partial charge is 0.410 e. The third-order valence-electron chi connectivity index (χ3n) is 4.97. The van der Waals surface area contributed by atoms with Crippen LogP contribution in [0.25, 0.3) is 0 Å². The fourth-order valence-electron chi connectivity index (χ4n) is 3.85. The lowest BCUT2D eigenvalue weighted by molar-refractivity contribution is 0.0224. The van der Waals surface area contributed by atoms with Crippen molar-refractivity contribution >= 4 is 6.09 Å². The molecule has 3 rings (SSSR count). The number of amides is 1. The summed E-state index contributed by atoms with van der Waals surface area (Å²) in [6, 6.07) is 9.40. The lowest BCUT2D eigenvalue weighted by Gasteiger charge is -2.31. The summed E-state index contributed by atoms with van der Waals surface area (Å²) in [7, 11) is 0. The van der Waals surface area contributed by atoms with Gasteiger partial charge in [-0.15, -0.1) is 0 Å². The van der Waals surface area contributed by atoms with Crippen LogP contribution in [0.5, 0.6) is 0 Å². The molecule has 4 heteroatoms. The van der Waals surface area contributed by atoms with Gasteiger partial charge >= 0.3 is 6.09 Å². The van der Waals surface area contributed by atoms with Gasteiger partial charge in [0.25, 0.3) is 0 Å². The van der Waals surface area contributed by atoms with Crippen LogP contribution in [0.1, 0.15) is 63.6 Å². The molecule has 1 amide bonds. The second-order valence-corrected chi connectivity index (χ2v) is 8.02. The minimum atomic E-state index is -0.431. The molecule has 1 heterocycles. The molecule has 0 bridgehead atoms. The number of aryl methyl sites for hydroxylation is 1. The highest BCUT2D eigenvalue weighted by Crippen LogP contribution is 2.30. The molecule has 1 aliphatic heterocycles. The summed E-state index contributed by atoms with van der Waals surface area (Å²) in [6.07, 6.45) is 5.54. The van der Waals surface area contributed by atoms with Gasteiger partial charge in [0.1, 0.15) is 5.60 Å². The van der Waals surface area contributed by atoms with Gasteiger partial charge < -0.3 is 15.0 Å². The average molecular weight is 330 g/mol. The number of hydrogen-bond donors (Lipinski definition) is 1. The van der Waals surface area contributed by atoms with Crippen LogP contribution in [0.3, 0.4) is 0 Å². The molecule has 24 heavy (non-hydrogen) atoms. The van der Waals surface area contributed by atoms with Gasteiger partial charge in [-0.25, -0.2) is 4.79 Å². The van der Waals surface area contributed by atoms with Crippen LogP contribution in [-0.2, 0) is 11.2 Å². The number of ether oxygens (including phenoxy) is 1. The van der Waals surface area contributed by atoms with Crippen LogP contribution in [0, 0.1) is 0 Å². The topological polar surface area (TPSA) is 41.6 Å². The first-order chi connectivity index (χ1) is 11.4. The molecular weight excluding hydrogens is 300 g/mol. The number of benzene rings is 1. The Kier molecular flexibility index (Phi) is 5.14. The van der Waals surface area contributed by atoms with Crippen molar-refractivity contribution in [3.05, 3.63) is 35.4 Å². The maximum atomic E-state index is 12.4. The Labute approximate surface area is 145 Å². The van der Waals surface area contributed by atoms with Crippen molar-refractivity contribution in [1.82, 2.24) is 10.2 Å². The van der Waals surface area contributed by atoms with E-state index in [0.29, 0.717) is 6.04 Å². The highest BCUT2D eigenvalue weighted by molar-refractivity contribution is 5.69. The molecule has 132 valence electrons. The highest BCUT2D eigenvalue weighted by Gasteiger charge is 2.32. The van der Waals surface area contributed by atoms with Gasteiger partial charge in [0.05, 0.1) is 0 Å². The maximum absolute atomic E-state index is 12.4. The molecule has 0 spiro atoms. The monoisotopic (exact) mass is 330 g/mol. The Balaban J connectivity index is 1.59. The molecule has 0 radical (unpaired) electrons. The van der Waals surface area contributed by atoms with E-state index in [1.54, 1.807) is 0 Å². The van der Waals surface area contributed by atoms with Gasteiger partial charge in [0.2, 0.25) is 0 Å². The molecule has 1 aromatic carbocycles. The molecule has 1 saturated heterocycles. The van der Waals surface area contributed by atoms with Crippen LogP contribution in [0.15, 0.2) is 24.3 Å². The largest absolute Gasteiger partial charge is 0.444 e. The molecule has 1 N–H and O–H groups in total. The van der Waals surface area contributed by atoms with Gasteiger partial charge in [-0.3, -0.25) is 0 Å². The average Bonchev–Trinajstić information content (AvgIpc) is 3.00. The Hall–Kier alpha value is -1.55. The molecule has 1 aliphatic carbocycles. The Morgan fingerprint density at radius 3 is 2.83 bits per heavy atom. The molecule has 2 atom stereocenters. The van der Waals surface area contributed by atoms with Crippen molar-refractivity contribution in [3.63, 3.8) is 0 Å². The summed E-state index contributed by atoms with van der Waals surface area (Å²) < 4.78 is 5.56. The lowest BCUT2D eigenvalue weighted by Crippen LogP contribution is -2.44. The van der Waals surface area contributed by atoms with Crippen molar-refractivity contribution in [3.8, 4) is 0 Å². The fraction of sp³-hybridized carbons (Fsp3) is 0.650. The maximum Gasteiger partial charge on any atom is 0.410 e. The molecule has 1 fully saturated rings. The van der Waals surface area contributed by atoms with Crippen molar-refractivity contribution in [2.45, 2.75) is 70.6 Å². The van der Waals surface area contributed by atoms with Crippen molar-refractivity contribution in [2.75, 3.05) is 13.1 Å². The first kappa shape index (κ1) is 17.3. The summed E-state index contributed by atoms with van der Waals surface area (Å²) >= 11 is 0. The number of rotatable bonds is 3. The van der Waals surface area contributed by atoms with E-state index in [-0.39, 0.29) is 12.1 Å². The third-order valence-corrected chi connectivity index (χ3v) is 4.97. The SMILES string of the molecule is CC(C)(C)OC(=O)N1CCCC1CNC1CCCc2ccccc21. The lowest BCUT2D eigenvalue weighted by atomic mass is 9.87. The van der Waals surface area contributed by atoms with E-state index < -0.39 is 5.60 Å². The van der Waals surface area contributed by atoms with E-state index in [1.165, 1.54) is 30.4 Å². The molecule has 1 aromatic rings. The van der Waals surface area contributed by atoms with E-state index in [0.717, 1.165) is 25.9 Å². The van der Waals surface area contributed by atoms with Crippen molar-refractivity contribution in [1.29, 1.82) is 0 Å². The molecule has 2 unspecified atom stereocenters. The third kappa shape index (κ3) is 4.10. The number of likely N-dealkylation sites (tertiary alicyclic amines) is 1. The predicted octanol–water partition coefficient (Wildman–Crippen LogP) is 4.05. The number of hydrogen-bond acceptors (Lipinski definition) is 3. The first-order valence-corrected chi connectivity index (χ1v) is 9.25. The predicted molar refractivity (Wildman–Crippen MR) is 96.1 cm³/mol. The zero-order valence-corrected chi connectivity index (χ0v) is 15.2. The van der Waals surface area contributed by atoms with Crippen LogP contribution in [0.4, 0.5) is 4.79 Å². The molecule has 2 aliphatic rings. The number of fused-ring (bicyclic) bond motifs is 1. The van der Waals surface area contributed by atoms with Crippen LogP contribution in [0.2, 0.25) is 0 Å². The second kappa shape index (κ2) is 7.14. The zero-order valence-electron chi connectivity index (χ0n) is 15.2. The van der Waals surface area contributed by atoms with Crippen LogP contribution in [-0.4, -0.2) is 35.7 Å². The summed E-state index contributed by atoms with van der Waals surface area (Å²) in [6.45, 7) is 7.42. The number of nitrogens with zero attached hydrogens (tertiary/aromatic N) is 1. The summed E-state index contributed by atoms with van der Waals surface area (Å²) in [5.74, 6) is 0. The van der Waals surface area contributed by atoms with Crippen molar-refractivity contribution in [2.24, 2.45) is 0 Å². The van der Waals surface area contributed by atoms with Gasteiger partial charge in [-0.1, -0.05) is 24.3 Å². The number of nitrogens with one attached hydrogen (secondary N) is 1. The van der Waals surface area contributed by atoms with E-state index >= 15 is 0 Å². The van der Waals surface area contributed by atoms with E-state index in [9.17, 15) is 4.79 Å². The summed E-state index contributed by atoms with van der Waals surface area (Å²) in [5, 5.41) is 3.72. The Morgan fingerprint density at radius 1 is 1.25 bits per heavy atom. The van der Waals surface area contributed by atoms with Crippen molar-refractivity contribution < 1.29 is 9.53 Å². The normalized spacial score (nSPS) is 23.9. The van der Waals surface area contributed by atoms with Gasteiger partial charge in [-0.05, 0) is 64.0 Å². The summed E-state index contributed by atoms with van der Waals surface area (Å²) in [4.78, 5) is 14.3. The minimum absolute atomic E-state index is 0.171. The molecule has 4 nitrogen and oxygen atoms in total. The quantitative estimate of drug-likeness (QED) is 0.909. The van der Waals surface area contributed by atoms with Gasteiger partial charge in [-0.2, -0.15) is 0 Å². The number of carbonyl (C=O) groups excluding carboxylic acids is 1. The molecular formula is C20H30N2O2. The highest BCUT2D eigenvalue weighted by atomic mass is 16.6. The van der Waals surface area contributed by atoms with E-state index in [4.69, 9.17) is 4.74 Å². The zero-order chi connectivity index (χ0) is 17.2. The number of carbonyl (C=O) groups is 1. The van der Waals surface area contributed by atoms with Gasteiger partial charge in [0.15, 0.2) is 0 Å². The van der Waals surface area contributed by atoms with Crippen LogP contribution < -0.4 is 5.32 Å². The first-order valence-electron chi connectivity index (χ1n) is 9.25. The second-order valence-electron chi connectivity index (χ2n) is 8.02. The van der Waals surface area contributed by atoms with E-state index in [2.05, 4.69) is 29.6 Å². The van der Waals surface area contributed by atoms with Crippen LogP contribution >= 0.6 is 0 Å². The van der Waals surface area contributed by atoms with Gasteiger partial charge in [0, 0.05) is 25.2 Å².